The Morgan fingerprint density at radius 3 is 2.59 bits per heavy atom. The molecule has 1 heterocycles. The molecule has 22 heavy (non-hydrogen) atoms. The smallest absolute Gasteiger partial charge is 0.309 e. The zero-order chi connectivity index (χ0) is 15.6. The number of rotatable bonds is 5. The highest BCUT2D eigenvalue weighted by Crippen LogP contribution is 2.47. The minimum atomic E-state index is -0.832. The van der Waals surface area contributed by atoms with E-state index in [-0.39, 0.29) is 11.8 Å². The van der Waals surface area contributed by atoms with Gasteiger partial charge in [-0.2, -0.15) is 0 Å². The highest BCUT2D eigenvalue weighted by Gasteiger charge is 2.40. The highest BCUT2D eigenvalue weighted by atomic mass is 32.1. The molecular formula is C17H19NO3S. The Balaban J connectivity index is 1.97. The van der Waals surface area contributed by atoms with Crippen LogP contribution >= 0.6 is 11.3 Å². The molecule has 0 unspecified atom stereocenters. The number of methoxy groups -OCH3 is 1. The van der Waals surface area contributed by atoms with E-state index >= 15 is 0 Å². The molecule has 1 fully saturated rings. The molecule has 1 saturated carbocycles. The normalized spacial score (nSPS) is 16.6. The van der Waals surface area contributed by atoms with Crippen LogP contribution in [0.5, 0.6) is 5.75 Å². The first-order valence-corrected chi connectivity index (χ1v) is 8.33. The lowest BCUT2D eigenvalue weighted by Gasteiger charge is -2.27. The van der Waals surface area contributed by atoms with Gasteiger partial charge in [0, 0.05) is 10.8 Å². The molecular weight excluding hydrogens is 298 g/mol. The lowest BCUT2D eigenvalue weighted by atomic mass is 9.79. The molecule has 0 atom stereocenters. The molecule has 4 nitrogen and oxygen atoms in total. The zero-order valence-electron chi connectivity index (χ0n) is 12.5. The molecule has 0 aliphatic heterocycles. The summed E-state index contributed by atoms with van der Waals surface area (Å²) < 4.78 is 5.24. The highest BCUT2D eigenvalue weighted by molar-refractivity contribution is 7.09. The quantitative estimate of drug-likeness (QED) is 0.914. The third-order valence-corrected chi connectivity index (χ3v) is 5.49. The van der Waals surface area contributed by atoms with Crippen LogP contribution in [0.1, 0.15) is 41.9 Å². The zero-order valence-corrected chi connectivity index (χ0v) is 13.4. The van der Waals surface area contributed by atoms with Crippen molar-refractivity contribution in [1.29, 1.82) is 0 Å². The molecule has 1 aliphatic carbocycles. The second-order valence-corrected chi connectivity index (χ2v) is 6.59. The second-order valence-electron chi connectivity index (χ2n) is 5.73. The van der Waals surface area contributed by atoms with Crippen LogP contribution in [0.4, 0.5) is 0 Å². The number of carboxylic acids is 1. The summed E-state index contributed by atoms with van der Waals surface area (Å²) in [6.45, 7) is 0. The molecule has 0 saturated heterocycles. The van der Waals surface area contributed by atoms with Crippen LogP contribution in [0.15, 0.2) is 29.6 Å². The Hall–Kier alpha value is -1.88. The van der Waals surface area contributed by atoms with Crippen molar-refractivity contribution in [2.24, 2.45) is 0 Å². The van der Waals surface area contributed by atoms with Crippen molar-refractivity contribution in [3.05, 3.63) is 45.9 Å². The minimum Gasteiger partial charge on any atom is -0.497 e. The molecule has 5 heteroatoms. The standard InChI is InChI=1S/C17H19NO3S/c1-21-14-6-4-12(5-7-14)17(8-2-3-9-17)16-18-13(11-22-16)10-15(19)20/h4-7,11H,2-3,8-10H2,1H3,(H,19,20). The van der Waals surface area contributed by atoms with Gasteiger partial charge < -0.3 is 9.84 Å². The average molecular weight is 317 g/mol. The van der Waals surface area contributed by atoms with Gasteiger partial charge in [-0.25, -0.2) is 4.98 Å². The van der Waals surface area contributed by atoms with Crippen LogP contribution in [-0.2, 0) is 16.6 Å². The van der Waals surface area contributed by atoms with Crippen LogP contribution in [0, 0.1) is 0 Å². The summed E-state index contributed by atoms with van der Waals surface area (Å²) in [7, 11) is 1.67. The third kappa shape index (κ3) is 2.73. The van der Waals surface area contributed by atoms with E-state index in [1.165, 1.54) is 18.4 Å². The van der Waals surface area contributed by atoms with E-state index < -0.39 is 5.97 Å². The molecule has 0 amide bonds. The molecule has 1 aliphatic rings. The molecule has 0 radical (unpaired) electrons. The van der Waals surface area contributed by atoms with Crippen molar-refractivity contribution < 1.29 is 14.6 Å². The van der Waals surface area contributed by atoms with E-state index in [2.05, 4.69) is 17.1 Å². The van der Waals surface area contributed by atoms with Crippen LogP contribution < -0.4 is 4.74 Å². The van der Waals surface area contributed by atoms with Crippen LogP contribution in [-0.4, -0.2) is 23.2 Å². The van der Waals surface area contributed by atoms with Gasteiger partial charge in [0.1, 0.15) is 10.8 Å². The molecule has 0 bridgehead atoms. The SMILES string of the molecule is COc1ccc(C2(c3nc(CC(=O)O)cs3)CCCC2)cc1. The van der Waals surface area contributed by atoms with Crippen molar-refractivity contribution in [1.82, 2.24) is 4.98 Å². The third-order valence-electron chi connectivity index (χ3n) is 4.39. The maximum absolute atomic E-state index is 10.9. The van der Waals surface area contributed by atoms with Gasteiger partial charge in [0.15, 0.2) is 0 Å². The number of hydrogen-bond acceptors (Lipinski definition) is 4. The Bertz CT molecular complexity index is 657. The number of nitrogens with zero attached hydrogens (tertiary/aromatic N) is 1. The van der Waals surface area contributed by atoms with Crippen molar-refractivity contribution in [2.75, 3.05) is 7.11 Å². The Morgan fingerprint density at radius 2 is 2.00 bits per heavy atom. The van der Waals surface area contributed by atoms with E-state index in [0.717, 1.165) is 23.6 Å². The van der Waals surface area contributed by atoms with Crippen molar-refractivity contribution >= 4 is 17.3 Å². The van der Waals surface area contributed by atoms with Gasteiger partial charge in [-0.15, -0.1) is 11.3 Å². The number of carboxylic acid groups (broad SMARTS) is 1. The maximum Gasteiger partial charge on any atom is 0.309 e. The number of thiazole rings is 1. The van der Waals surface area contributed by atoms with Crippen LogP contribution in [0.25, 0.3) is 0 Å². The summed E-state index contributed by atoms with van der Waals surface area (Å²) in [6, 6.07) is 8.20. The van der Waals surface area contributed by atoms with Gasteiger partial charge in [-0.05, 0) is 30.5 Å². The fourth-order valence-electron chi connectivity index (χ4n) is 3.28. The molecule has 1 aromatic heterocycles. The molecule has 116 valence electrons. The summed E-state index contributed by atoms with van der Waals surface area (Å²) in [5.41, 5.74) is 1.85. The topological polar surface area (TPSA) is 59.4 Å². The lowest BCUT2D eigenvalue weighted by Crippen LogP contribution is -2.23. The number of aromatic nitrogens is 1. The van der Waals surface area contributed by atoms with E-state index in [1.54, 1.807) is 18.4 Å². The Morgan fingerprint density at radius 1 is 1.32 bits per heavy atom. The first-order chi connectivity index (χ1) is 10.6. The molecule has 3 rings (SSSR count). The Labute approximate surface area is 133 Å². The second kappa shape index (κ2) is 6.08. The number of aliphatic carboxylic acids is 1. The van der Waals surface area contributed by atoms with E-state index in [0.29, 0.717) is 5.69 Å². The maximum atomic E-state index is 10.9. The largest absolute Gasteiger partial charge is 0.497 e. The van der Waals surface area contributed by atoms with E-state index in [4.69, 9.17) is 9.84 Å². The van der Waals surface area contributed by atoms with Gasteiger partial charge in [0.25, 0.3) is 0 Å². The number of carbonyl (C=O) groups is 1. The summed E-state index contributed by atoms with van der Waals surface area (Å²) in [6.07, 6.45) is 4.49. The summed E-state index contributed by atoms with van der Waals surface area (Å²) >= 11 is 1.59. The van der Waals surface area contributed by atoms with Crippen molar-refractivity contribution in [3.63, 3.8) is 0 Å². The predicted octanol–water partition coefficient (Wildman–Crippen LogP) is 3.64. The minimum absolute atomic E-state index is 0.00477. The number of hydrogen-bond donors (Lipinski definition) is 1. The molecule has 2 aromatic rings. The van der Waals surface area contributed by atoms with Gasteiger partial charge in [0.05, 0.1) is 19.2 Å². The van der Waals surface area contributed by atoms with Gasteiger partial charge >= 0.3 is 5.97 Å². The summed E-state index contributed by atoms with van der Waals surface area (Å²) in [4.78, 5) is 15.5. The Kier molecular flexibility index (Phi) is 4.16. The van der Waals surface area contributed by atoms with Crippen molar-refractivity contribution in [3.8, 4) is 5.75 Å². The fraction of sp³-hybridized carbons (Fsp3) is 0.412. The number of benzene rings is 1. The summed E-state index contributed by atoms with van der Waals surface area (Å²) in [5, 5.41) is 11.9. The van der Waals surface area contributed by atoms with Gasteiger partial charge in [-0.3, -0.25) is 4.79 Å². The van der Waals surface area contributed by atoms with Gasteiger partial charge in [0.2, 0.25) is 0 Å². The van der Waals surface area contributed by atoms with Crippen LogP contribution in [0.3, 0.4) is 0 Å². The fourth-order valence-corrected chi connectivity index (χ4v) is 4.38. The molecule has 1 aromatic carbocycles. The van der Waals surface area contributed by atoms with E-state index in [1.807, 2.05) is 17.5 Å². The predicted molar refractivity (Wildman–Crippen MR) is 85.7 cm³/mol. The number of ether oxygens (including phenoxy) is 1. The summed E-state index contributed by atoms with van der Waals surface area (Å²) in [5.74, 6) is 0.0179. The molecule has 0 spiro atoms. The van der Waals surface area contributed by atoms with Crippen molar-refractivity contribution in [2.45, 2.75) is 37.5 Å². The monoisotopic (exact) mass is 317 g/mol. The first-order valence-electron chi connectivity index (χ1n) is 7.45. The van der Waals surface area contributed by atoms with E-state index in [9.17, 15) is 4.79 Å². The van der Waals surface area contributed by atoms with Crippen LogP contribution in [0.2, 0.25) is 0 Å². The molecule has 1 N–H and O–H groups in total. The lowest BCUT2D eigenvalue weighted by molar-refractivity contribution is -0.136. The first kappa shape index (κ1) is 15.0. The van der Waals surface area contributed by atoms with Gasteiger partial charge in [-0.1, -0.05) is 25.0 Å². The average Bonchev–Trinajstić information content (AvgIpc) is 3.16.